The zero-order valence-electron chi connectivity index (χ0n) is 17.2. The van der Waals surface area contributed by atoms with Gasteiger partial charge in [-0.1, -0.05) is 48.5 Å². The summed E-state index contributed by atoms with van der Waals surface area (Å²) in [6.07, 6.45) is 0.225. The maximum absolute atomic E-state index is 12.0. The van der Waals surface area contributed by atoms with Gasteiger partial charge in [-0.2, -0.15) is 0 Å². The maximum atomic E-state index is 12.0. The second kappa shape index (κ2) is 8.43. The minimum Gasteiger partial charge on any atom is -0.497 e. The van der Waals surface area contributed by atoms with Gasteiger partial charge < -0.3 is 9.30 Å². The molecule has 0 aliphatic rings. The summed E-state index contributed by atoms with van der Waals surface area (Å²) in [4.78, 5) is 12.0. The number of methoxy groups -OCH3 is 1. The number of amides is 1. The van der Waals surface area contributed by atoms with Gasteiger partial charge >= 0.3 is 0 Å². The number of carbonyl (C=O) groups is 1. The highest BCUT2D eigenvalue weighted by Crippen LogP contribution is 2.31. The van der Waals surface area contributed by atoms with Crippen LogP contribution in [-0.4, -0.2) is 17.6 Å². The minimum atomic E-state index is -0.217. The predicted octanol–water partition coefficient (Wildman–Crippen LogP) is 4.21. The average Bonchev–Trinajstić information content (AvgIpc) is 3.04. The van der Waals surface area contributed by atoms with E-state index in [0.29, 0.717) is 6.54 Å². The molecule has 0 atom stereocenters. The zero-order valence-corrected chi connectivity index (χ0v) is 17.2. The van der Waals surface area contributed by atoms with E-state index < -0.39 is 0 Å². The Bertz CT molecular complexity index is 1200. The third-order valence-corrected chi connectivity index (χ3v) is 5.53. The van der Waals surface area contributed by atoms with Crippen molar-refractivity contribution in [1.29, 1.82) is 0 Å². The molecule has 1 heterocycles. The summed E-state index contributed by atoms with van der Waals surface area (Å²) in [7, 11) is 1.65. The highest BCUT2D eigenvalue weighted by atomic mass is 16.5. The molecule has 0 fully saturated rings. The summed E-state index contributed by atoms with van der Waals surface area (Å²) in [6.45, 7) is 2.76. The van der Waals surface area contributed by atoms with Crippen LogP contribution in [0.4, 0.5) is 0 Å². The lowest BCUT2D eigenvalue weighted by Crippen LogP contribution is -2.31. The van der Waals surface area contributed by atoms with Crippen LogP contribution < -0.4 is 16.0 Å². The number of hydrogen-bond donors (Lipinski definition) is 2. The lowest BCUT2D eigenvalue weighted by atomic mass is 10.0. The quantitative estimate of drug-likeness (QED) is 0.290. The number of nitrogens with one attached hydrogen (secondary N) is 1. The number of benzene rings is 3. The summed E-state index contributed by atoms with van der Waals surface area (Å²) in [6, 6.07) is 24.9. The Morgan fingerprint density at radius 1 is 1.00 bits per heavy atom. The maximum Gasteiger partial charge on any atom is 0.238 e. The molecule has 0 unspecified atom stereocenters. The summed E-state index contributed by atoms with van der Waals surface area (Å²) >= 11 is 0. The molecule has 3 N–H and O–H groups in total. The number of fused-ring (bicyclic) bond motifs is 1. The van der Waals surface area contributed by atoms with E-state index in [1.54, 1.807) is 7.11 Å². The molecule has 4 aromatic rings. The molecule has 0 aliphatic carbocycles. The first-order chi connectivity index (χ1) is 14.6. The lowest BCUT2D eigenvalue weighted by molar-refractivity contribution is -0.120. The molecule has 5 heteroatoms. The van der Waals surface area contributed by atoms with E-state index in [2.05, 4.69) is 46.4 Å². The van der Waals surface area contributed by atoms with E-state index >= 15 is 0 Å². The van der Waals surface area contributed by atoms with Crippen LogP contribution in [0.2, 0.25) is 0 Å². The molecule has 1 amide bonds. The van der Waals surface area contributed by atoms with E-state index in [-0.39, 0.29) is 12.3 Å². The second-order valence-corrected chi connectivity index (χ2v) is 7.34. The van der Waals surface area contributed by atoms with Gasteiger partial charge in [-0.3, -0.25) is 10.2 Å². The Kier molecular flexibility index (Phi) is 5.55. The normalized spacial score (nSPS) is 10.9. The number of rotatable bonds is 6. The van der Waals surface area contributed by atoms with Crippen LogP contribution in [-0.2, 0) is 17.8 Å². The summed E-state index contributed by atoms with van der Waals surface area (Å²) < 4.78 is 7.65. The molecule has 1 aromatic heterocycles. The SMILES string of the molecule is COc1ccc2c(c1)c(CC(=O)NN)c(C)n2Cc1cccc(-c2ccccc2)c1. The number of hydrazine groups is 1. The first kappa shape index (κ1) is 19.7. The molecule has 152 valence electrons. The van der Waals surface area contributed by atoms with Crippen molar-refractivity contribution in [2.24, 2.45) is 5.84 Å². The van der Waals surface area contributed by atoms with Gasteiger partial charge in [0.05, 0.1) is 13.5 Å². The molecule has 0 saturated heterocycles. The van der Waals surface area contributed by atoms with Gasteiger partial charge in [0.2, 0.25) is 5.91 Å². The van der Waals surface area contributed by atoms with E-state index in [9.17, 15) is 4.79 Å². The molecule has 0 radical (unpaired) electrons. The molecule has 0 aliphatic heterocycles. The van der Waals surface area contributed by atoms with Crippen LogP contribution in [0.3, 0.4) is 0 Å². The largest absolute Gasteiger partial charge is 0.497 e. The van der Waals surface area contributed by atoms with Gasteiger partial charge in [-0.15, -0.1) is 0 Å². The molecular weight excluding hydrogens is 374 g/mol. The van der Waals surface area contributed by atoms with Crippen LogP contribution >= 0.6 is 0 Å². The molecular formula is C25H25N3O2. The van der Waals surface area contributed by atoms with Gasteiger partial charge in [-0.25, -0.2) is 5.84 Å². The Hall–Kier alpha value is -3.57. The Labute approximate surface area is 176 Å². The van der Waals surface area contributed by atoms with E-state index in [4.69, 9.17) is 10.6 Å². The standard InChI is InChI=1S/C25H25N3O2/c1-17-22(15-25(29)27-26)23-14-21(30-2)11-12-24(23)28(17)16-18-7-6-10-20(13-18)19-8-4-3-5-9-19/h3-14H,15-16,26H2,1-2H3,(H,27,29). The lowest BCUT2D eigenvalue weighted by Gasteiger charge is -2.11. The first-order valence-corrected chi connectivity index (χ1v) is 9.90. The van der Waals surface area contributed by atoms with Gasteiger partial charge in [0.15, 0.2) is 0 Å². The van der Waals surface area contributed by atoms with Crippen LogP contribution in [0.25, 0.3) is 22.0 Å². The van der Waals surface area contributed by atoms with Gasteiger partial charge in [0.25, 0.3) is 0 Å². The molecule has 0 spiro atoms. The highest BCUT2D eigenvalue weighted by Gasteiger charge is 2.17. The topological polar surface area (TPSA) is 69.3 Å². The van der Waals surface area contributed by atoms with Gasteiger partial charge in [0, 0.05) is 23.1 Å². The molecule has 0 bridgehead atoms. The van der Waals surface area contributed by atoms with Crippen molar-refractivity contribution in [2.45, 2.75) is 19.9 Å². The fourth-order valence-corrected chi connectivity index (χ4v) is 3.96. The number of carbonyl (C=O) groups excluding carboxylic acids is 1. The fraction of sp³-hybridized carbons (Fsp3) is 0.160. The Balaban J connectivity index is 1.78. The number of aromatic nitrogens is 1. The number of nitrogens with zero attached hydrogens (tertiary/aromatic N) is 1. The van der Waals surface area contributed by atoms with Crippen molar-refractivity contribution in [3.05, 3.63) is 89.6 Å². The van der Waals surface area contributed by atoms with E-state index in [1.165, 1.54) is 16.7 Å². The van der Waals surface area contributed by atoms with Crippen molar-refractivity contribution in [2.75, 3.05) is 7.11 Å². The van der Waals surface area contributed by atoms with Crippen molar-refractivity contribution in [3.8, 4) is 16.9 Å². The molecule has 4 rings (SSSR count). The van der Waals surface area contributed by atoms with Crippen LogP contribution in [0.1, 0.15) is 16.8 Å². The predicted molar refractivity (Wildman–Crippen MR) is 120 cm³/mol. The highest BCUT2D eigenvalue weighted by molar-refractivity contribution is 5.91. The number of ether oxygens (including phenoxy) is 1. The Morgan fingerprint density at radius 2 is 1.77 bits per heavy atom. The smallest absolute Gasteiger partial charge is 0.238 e. The average molecular weight is 399 g/mol. The second-order valence-electron chi connectivity index (χ2n) is 7.34. The first-order valence-electron chi connectivity index (χ1n) is 9.90. The van der Waals surface area contributed by atoms with Crippen molar-refractivity contribution in [1.82, 2.24) is 9.99 Å². The molecule has 30 heavy (non-hydrogen) atoms. The van der Waals surface area contributed by atoms with Gasteiger partial charge in [0.1, 0.15) is 5.75 Å². The third-order valence-electron chi connectivity index (χ3n) is 5.53. The minimum absolute atomic E-state index is 0.217. The van der Waals surface area contributed by atoms with Crippen LogP contribution in [0, 0.1) is 6.92 Å². The van der Waals surface area contributed by atoms with Crippen molar-refractivity contribution in [3.63, 3.8) is 0 Å². The summed E-state index contributed by atoms with van der Waals surface area (Å²) in [5.41, 5.74) is 8.90. The monoisotopic (exact) mass is 399 g/mol. The molecule has 3 aromatic carbocycles. The van der Waals surface area contributed by atoms with E-state index in [1.807, 2.05) is 43.3 Å². The van der Waals surface area contributed by atoms with E-state index in [0.717, 1.165) is 27.9 Å². The van der Waals surface area contributed by atoms with Crippen LogP contribution in [0.15, 0.2) is 72.8 Å². The zero-order chi connectivity index (χ0) is 21.1. The third kappa shape index (κ3) is 3.80. The van der Waals surface area contributed by atoms with Crippen LogP contribution in [0.5, 0.6) is 5.75 Å². The number of nitrogens with two attached hydrogens (primary N) is 1. The van der Waals surface area contributed by atoms with Gasteiger partial charge in [-0.05, 0) is 53.4 Å². The number of hydrogen-bond acceptors (Lipinski definition) is 3. The summed E-state index contributed by atoms with van der Waals surface area (Å²) in [5.74, 6) is 5.89. The Morgan fingerprint density at radius 3 is 2.50 bits per heavy atom. The molecule has 0 saturated carbocycles. The summed E-state index contributed by atoms with van der Waals surface area (Å²) in [5, 5.41) is 1.01. The fourth-order valence-electron chi connectivity index (χ4n) is 3.96. The van der Waals surface area contributed by atoms with Crippen molar-refractivity contribution >= 4 is 16.8 Å². The van der Waals surface area contributed by atoms with Crippen molar-refractivity contribution < 1.29 is 9.53 Å². The molecule has 5 nitrogen and oxygen atoms in total.